The minimum atomic E-state index is -0.481. The third-order valence-corrected chi connectivity index (χ3v) is 5.51. The van der Waals surface area contributed by atoms with Crippen LogP contribution in [-0.2, 0) is 11.2 Å². The van der Waals surface area contributed by atoms with E-state index in [2.05, 4.69) is 34.9 Å². The number of amides is 3. The molecule has 5 heteroatoms. The monoisotopic (exact) mass is 366 g/mol. The lowest BCUT2D eigenvalue weighted by Gasteiger charge is -2.30. The van der Waals surface area contributed by atoms with Gasteiger partial charge in [-0.1, -0.05) is 36.4 Å². The summed E-state index contributed by atoms with van der Waals surface area (Å²) >= 11 is 0. The van der Waals surface area contributed by atoms with E-state index in [1.807, 2.05) is 39.1 Å². The van der Waals surface area contributed by atoms with Crippen LogP contribution in [0.2, 0.25) is 0 Å². The molecule has 0 aromatic heterocycles. The average molecular weight is 366 g/mol. The van der Waals surface area contributed by atoms with E-state index < -0.39 is 6.03 Å². The lowest BCUT2D eigenvalue weighted by Crippen LogP contribution is -3.10. The van der Waals surface area contributed by atoms with Gasteiger partial charge < -0.3 is 10.2 Å². The Morgan fingerprint density at radius 3 is 2.70 bits per heavy atom. The van der Waals surface area contributed by atoms with Crippen LogP contribution < -0.4 is 15.5 Å². The molecule has 0 aliphatic heterocycles. The highest BCUT2D eigenvalue weighted by Gasteiger charge is 2.28. The zero-order chi connectivity index (χ0) is 19.4. The van der Waals surface area contributed by atoms with Crippen LogP contribution in [0.15, 0.2) is 42.5 Å². The van der Waals surface area contributed by atoms with Crippen LogP contribution in [-0.4, -0.2) is 25.5 Å². The minimum Gasteiger partial charge on any atom is -0.323 e. The lowest BCUT2D eigenvalue weighted by atomic mass is 9.87. The molecule has 2 atom stereocenters. The highest BCUT2D eigenvalue weighted by atomic mass is 16.2. The third kappa shape index (κ3) is 4.55. The molecule has 3 N–H and O–H groups in total. The summed E-state index contributed by atoms with van der Waals surface area (Å²) in [6.07, 6.45) is 3.29. The number of anilines is 1. The molecule has 0 fully saturated rings. The van der Waals surface area contributed by atoms with Gasteiger partial charge in [0.15, 0.2) is 6.54 Å². The van der Waals surface area contributed by atoms with E-state index in [1.165, 1.54) is 11.1 Å². The predicted molar refractivity (Wildman–Crippen MR) is 107 cm³/mol. The summed E-state index contributed by atoms with van der Waals surface area (Å²) in [6.45, 7) is 4.20. The number of rotatable bonds is 4. The van der Waals surface area contributed by atoms with E-state index in [0.29, 0.717) is 6.04 Å². The molecule has 1 aliphatic rings. The standard InChI is InChI=1S/C22H27N3O2/c1-15-8-6-12-19(16(15)2)23-22(27)24-21(26)14-25(3)20-13-7-10-17-9-4-5-11-18(17)20/h4-6,8-9,11-12,20H,7,10,13-14H2,1-3H3,(H2,23,24,26,27)/p+1/t20-/m1/s1. The Labute approximate surface area is 160 Å². The van der Waals surface area contributed by atoms with Gasteiger partial charge in [0.25, 0.3) is 5.91 Å². The van der Waals surface area contributed by atoms with E-state index >= 15 is 0 Å². The number of quaternary nitrogens is 1. The zero-order valence-electron chi connectivity index (χ0n) is 16.3. The maximum atomic E-state index is 12.4. The van der Waals surface area contributed by atoms with Gasteiger partial charge in [0.2, 0.25) is 0 Å². The second-order valence-electron chi connectivity index (χ2n) is 7.42. The number of hydrogen-bond donors (Lipinski definition) is 3. The molecular formula is C22H28N3O2+. The van der Waals surface area contributed by atoms with Crippen LogP contribution >= 0.6 is 0 Å². The van der Waals surface area contributed by atoms with Gasteiger partial charge in [-0.2, -0.15) is 0 Å². The first-order valence-electron chi connectivity index (χ1n) is 9.53. The number of imide groups is 1. The topological polar surface area (TPSA) is 62.6 Å². The van der Waals surface area contributed by atoms with Gasteiger partial charge in [0.05, 0.1) is 7.05 Å². The smallest absolute Gasteiger partial charge is 0.323 e. The normalized spacial score (nSPS) is 16.9. The fraction of sp³-hybridized carbons (Fsp3) is 0.364. The Balaban J connectivity index is 1.58. The van der Waals surface area contributed by atoms with Crippen molar-refractivity contribution in [2.24, 2.45) is 0 Å². The lowest BCUT2D eigenvalue weighted by molar-refractivity contribution is -0.905. The van der Waals surface area contributed by atoms with Crippen molar-refractivity contribution in [3.63, 3.8) is 0 Å². The van der Waals surface area contributed by atoms with Crippen LogP contribution in [0, 0.1) is 13.8 Å². The second-order valence-corrected chi connectivity index (χ2v) is 7.42. The van der Waals surface area contributed by atoms with Gasteiger partial charge in [-0.05, 0) is 49.4 Å². The summed E-state index contributed by atoms with van der Waals surface area (Å²) in [5.74, 6) is -0.265. The molecule has 0 saturated heterocycles. The van der Waals surface area contributed by atoms with Crippen molar-refractivity contribution >= 4 is 17.6 Å². The molecule has 5 nitrogen and oxygen atoms in total. The summed E-state index contributed by atoms with van der Waals surface area (Å²) < 4.78 is 0. The Morgan fingerprint density at radius 1 is 1.11 bits per heavy atom. The van der Waals surface area contributed by atoms with Crippen LogP contribution in [0.1, 0.15) is 41.1 Å². The predicted octanol–water partition coefficient (Wildman–Crippen LogP) is 2.54. The Kier molecular flexibility index (Phi) is 5.91. The molecular weight excluding hydrogens is 338 g/mol. The highest BCUT2D eigenvalue weighted by molar-refractivity contribution is 6.01. The van der Waals surface area contributed by atoms with Crippen molar-refractivity contribution in [2.75, 3.05) is 18.9 Å². The van der Waals surface area contributed by atoms with Crippen LogP contribution in [0.3, 0.4) is 0 Å². The van der Waals surface area contributed by atoms with Crippen LogP contribution in [0.5, 0.6) is 0 Å². The first kappa shape index (κ1) is 19.1. The van der Waals surface area contributed by atoms with Gasteiger partial charge in [-0.15, -0.1) is 0 Å². The SMILES string of the molecule is Cc1cccc(NC(=O)NC(=O)C[NH+](C)[C@@H]2CCCc3ccccc32)c1C. The zero-order valence-corrected chi connectivity index (χ0v) is 16.3. The highest BCUT2D eigenvalue weighted by Crippen LogP contribution is 2.27. The number of nitrogens with one attached hydrogen (secondary N) is 3. The number of aryl methyl sites for hydroxylation is 2. The van der Waals surface area contributed by atoms with Crippen molar-refractivity contribution in [3.05, 3.63) is 64.7 Å². The molecule has 2 aromatic rings. The summed E-state index contributed by atoms with van der Waals surface area (Å²) in [5.41, 5.74) is 5.53. The molecule has 142 valence electrons. The fourth-order valence-electron chi connectivity index (χ4n) is 3.85. The van der Waals surface area contributed by atoms with E-state index in [0.717, 1.165) is 41.0 Å². The number of benzene rings is 2. The average Bonchev–Trinajstić information content (AvgIpc) is 2.64. The van der Waals surface area contributed by atoms with Crippen LogP contribution in [0.4, 0.5) is 10.5 Å². The Hall–Kier alpha value is -2.66. The second kappa shape index (κ2) is 8.35. The van der Waals surface area contributed by atoms with Crippen molar-refractivity contribution in [3.8, 4) is 0 Å². The van der Waals surface area contributed by atoms with Crippen molar-refractivity contribution < 1.29 is 14.5 Å². The van der Waals surface area contributed by atoms with Gasteiger partial charge in [-0.3, -0.25) is 10.1 Å². The molecule has 0 bridgehead atoms. The number of urea groups is 1. The molecule has 0 radical (unpaired) electrons. The number of carbonyl (C=O) groups excluding carboxylic acids is 2. The number of carbonyl (C=O) groups is 2. The fourth-order valence-corrected chi connectivity index (χ4v) is 3.85. The number of fused-ring (bicyclic) bond motifs is 1. The molecule has 2 aromatic carbocycles. The van der Waals surface area contributed by atoms with Crippen molar-refractivity contribution in [1.82, 2.24) is 5.32 Å². The summed E-state index contributed by atoms with van der Waals surface area (Å²) in [6, 6.07) is 14.0. The Bertz CT molecular complexity index is 847. The first-order chi connectivity index (χ1) is 13.0. The van der Waals surface area contributed by atoms with E-state index in [4.69, 9.17) is 0 Å². The van der Waals surface area contributed by atoms with Gasteiger partial charge in [0.1, 0.15) is 6.04 Å². The third-order valence-electron chi connectivity index (χ3n) is 5.51. The molecule has 1 aliphatic carbocycles. The summed E-state index contributed by atoms with van der Waals surface area (Å²) in [5, 5.41) is 5.23. The maximum absolute atomic E-state index is 12.4. The molecule has 3 rings (SSSR count). The quantitative estimate of drug-likeness (QED) is 0.779. The molecule has 0 spiro atoms. The van der Waals surface area contributed by atoms with E-state index in [9.17, 15) is 9.59 Å². The van der Waals surface area contributed by atoms with E-state index in [1.54, 1.807) is 0 Å². The Morgan fingerprint density at radius 2 is 1.89 bits per heavy atom. The minimum absolute atomic E-state index is 0.263. The molecule has 0 saturated carbocycles. The van der Waals surface area contributed by atoms with E-state index in [-0.39, 0.29) is 12.5 Å². The molecule has 0 heterocycles. The maximum Gasteiger partial charge on any atom is 0.326 e. The number of hydrogen-bond acceptors (Lipinski definition) is 2. The van der Waals surface area contributed by atoms with Gasteiger partial charge in [-0.25, -0.2) is 4.79 Å². The van der Waals surface area contributed by atoms with Gasteiger partial charge in [0, 0.05) is 17.7 Å². The van der Waals surface area contributed by atoms with Crippen LogP contribution in [0.25, 0.3) is 0 Å². The summed E-state index contributed by atoms with van der Waals surface area (Å²) in [7, 11) is 2.02. The molecule has 27 heavy (non-hydrogen) atoms. The first-order valence-corrected chi connectivity index (χ1v) is 9.53. The van der Waals surface area contributed by atoms with Gasteiger partial charge >= 0.3 is 6.03 Å². The van der Waals surface area contributed by atoms with Crippen molar-refractivity contribution in [1.29, 1.82) is 0 Å². The molecule has 3 amide bonds. The summed E-state index contributed by atoms with van der Waals surface area (Å²) in [4.78, 5) is 25.7. The van der Waals surface area contributed by atoms with Crippen molar-refractivity contribution in [2.45, 2.75) is 39.2 Å². The largest absolute Gasteiger partial charge is 0.326 e. The number of likely N-dealkylation sites (N-methyl/N-ethyl adjacent to an activating group) is 1. The molecule has 1 unspecified atom stereocenters.